The van der Waals surface area contributed by atoms with E-state index in [1.807, 2.05) is 0 Å². The van der Waals surface area contributed by atoms with Crippen molar-refractivity contribution < 1.29 is 9.90 Å². The maximum absolute atomic E-state index is 11.7. The lowest BCUT2D eigenvalue weighted by molar-refractivity contribution is -0.123. The highest BCUT2D eigenvalue weighted by molar-refractivity contribution is 5.82. The zero-order valence-corrected chi connectivity index (χ0v) is 10.3. The molecule has 0 aromatic rings. The van der Waals surface area contributed by atoms with E-state index in [0.717, 1.165) is 12.8 Å². The van der Waals surface area contributed by atoms with E-state index in [0.29, 0.717) is 6.54 Å². The number of carbonyl (C=O) groups excluding carboxylic acids is 1. The summed E-state index contributed by atoms with van der Waals surface area (Å²) in [7, 11) is 0. The van der Waals surface area contributed by atoms with Crippen LogP contribution in [0.4, 0.5) is 0 Å². The summed E-state index contributed by atoms with van der Waals surface area (Å²) in [5, 5.41) is 11.8. The quantitative estimate of drug-likeness (QED) is 0.728. The Labute approximate surface area is 92.3 Å². The molecule has 0 aromatic heterocycles. The van der Waals surface area contributed by atoms with Crippen molar-refractivity contribution in [2.75, 3.05) is 13.2 Å². The molecule has 1 atom stereocenters. The van der Waals surface area contributed by atoms with Crippen molar-refractivity contribution >= 4 is 5.91 Å². The first kappa shape index (κ1) is 12.5. The molecule has 0 heterocycles. The number of hydrogen-bond donors (Lipinski definition) is 2. The molecule has 88 valence electrons. The molecule has 15 heavy (non-hydrogen) atoms. The summed E-state index contributed by atoms with van der Waals surface area (Å²) >= 11 is 0. The van der Waals surface area contributed by atoms with Gasteiger partial charge in [-0.3, -0.25) is 4.79 Å². The van der Waals surface area contributed by atoms with E-state index in [9.17, 15) is 4.79 Å². The molecule has 0 radical (unpaired) electrons. The molecule has 1 aliphatic carbocycles. The van der Waals surface area contributed by atoms with Crippen LogP contribution in [0.15, 0.2) is 0 Å². The zero-order chi connectivity index (χ0) is 11.7. The van der Waals surface area contributed by atoms with Gasteiger partial charge in [0.1, 0.15) is 0 Å². The molecule has 1 amide bonds. The van der Waals surface area contributed by atoms with Crippen molar-refractivity contribution in [3.63, 3.8) is 0 Å². The Morgan fingerprint density at radius 3 is 2.47 bits per heavy atom. The molecule has 2 N–H and O–H groups in total. The molecule has 0 saturated heterocycles. The van der Waals surface area contributed by atoms with Crippen LogP contribution < -0.4 is 5.32 Å². The first-order valence-electron chi connectivity index (χ1n) is 5.67. The minimum Gasteiger partial charge on any atom is -0.396 e. The number of amides is 1. The molecule has 0 aliphatic heterocycles. The molecule has 0 bridgehead atoms. The fraction of sp³-hybridized carbons (Fsp3) is 0.917. The number of hydrogen-bond acceptors (Lipinski definition) is 2. The molecule has 0 unspecified atom stereocenters. The molecular formula is C12H23NO2. The molecule has 1 fully saturated rings. The Kier molecular flexibility index (Phi) is 3.44. The highest BCUT2D eigenvalue weighted by atomic mass is 16.3. The fourth-order valence-electron chi connectivity index (χ4n) is 1.76. The Hall–Kier alpha value is -0.570. The lowest BCUT2D eigenvalue weighted by Gasteiger charge is -2.24. The van der Waals surface area contributed by atoms with Crippen LogP contribution in [-0.4, -0.2) is 24.2 Å². The van der Waals surface area contributed by atoms with Gasteiger partial charge < -0.3 is 10.4 Å². The van der Waals surface area contributed by atoms with Crippen LogP contribution in [-0.2, 0) is 4.79 Å². The Balaban J connectivity index is 2.29. The molecule has 0 aromatic carbocycles. The summed E-state index contributed by atoms with van der Waals surface area (Å²) in [5.74, 6) is 0.369. The summed E-state index contributed by atoms with van der Waals surface area (Å²) < 4.78 is 0. The average molecular weight is 213 g/mol. The highest BCUT2D eigenvalue weighted by Gasteiger charge is 2.50. The van der Waals surface area contributed by atoms with Crippen molar-refractivity contribution in [3.8, 4) is 0 Å². The van der Waals surface area contributed by atoms with Crippen molar-refractivity contribution in [2.45, 2.75) is 40.5 Å². The maximum atomic E-state index is 11.7. The summed E-state index contributed by atoms with van der Waals surface area (Å²) in [4.78, 5) is 11.7. The van der Waals surface area contributed by atoms with Gasteiger partial charge in [-0.05, 0) is 23.7 Å². The number of nitrogens with one attached hydrogen (secondary N) is 1. The van der Waals surface area contributed by atoms with Crippen LogP contribution in [0, 0.1) is 16.7 Å². The summed E-state index contributed by atoms with van der Waals surface area (Å²) in [6.45, 7) is 9.19. The van der Waals surface area contributed by atoms with Crippen LogP contribution in [0.25, 0.3) is 0 Å². The fourth-order valence-corrected chi connectivity index (χ4v) is 1.76. The van der Waals surface area contributed by atoms with Gasteiger partial charge in [-0.1, -0.05) is 27.7 Å². The number of carbonyl (C=O) groups is 1. The smallest absolute Gasteiger partial charge is 0.223 e. The van der Waals surface area contributed by atoms with E-state index < -0.39 is 0 Å². The third-order valence-corrected chi connectivity index (χ3v) is 3.36. The third kappa shape index (κ3) is 3.49. The number of aliphatic hydroxyl groups is 1. The number of rotatable bonds is 5. The second-order valence-corrected chi connectivity index (χ2v) is 6.10. The number of aliphatic hydroxyl groups excluding tert-OH is 1. The second kappa shape index (κ2) is 4.12. The van der Waals surface area contributed by atoms with Crippen LogP contribution >= 0.6 is 0 Å². The summed E-state index contributed by atoms with van der Waals surface area (Å²) in [5.41, 5.74) is 0.189. The molecule has 3 nitrogen and oxygen atoms in total. The molecule has 3 heteroatoms. The van der Waals surface area contributed by atoms with Gasteiger partial charge in [-0.15, -0.1) is 0 Å². The van der Waals surface area contributed by atoms with Crippen molar-refractivity contribution in [1.82, 2.24) is 5.32 Å². The summed E-state index contributed by atoms with van der Waals surface area (Å²) in [6, 6.07) is 0. The van der Waals surface area contributed by atoms with E-state index in [1.165, 1.54) is 0 Å². The van der Waals surface area contributed by atoms with E-state index >= 15 is 0 Å². The zero-order valence-electron chi connectivity index (χ0n) is 10.3. The monoisotopic (exact) mass is 213 g/mol. The van der Waals surface area contributed by atoms with Gasteiger partial charge in [0.25, 0.3) is 0 Å². The van der Waals surface area contributed by atoms with Crippen LogP contribution in [0.2, 0.25) is 0 Å². The van der Waals surface area contributed by atoms with Gasteiger partial charge in [0.05, 0.1) is 0 Å². The molecule has 0 spiro atoms. The van der Waals surface area contributed by atoms with Gasteiger partial charge in [0.15, 0.2) is 0 Å². The van der Waals surface area contributed by atoms with Gasteiger partial charge in [-0.25, -0.2) is 0 Å². The lowest BCUT2D eigenvalue weighted by atomic mass is 9.89. The summed E-state index contributed by atoms with van der Waals surface area (Å²) in [6.07, 6.45) is 1.72. The molecular weight excluding hydrogens is 190 g/mol. The first-order chi connectivity index (χ1) is 6.78. The van der Waals surface area contributed by atoms with E-state index in [2.05, 4.69) is 33.0 Å². The predicted octanol–water partition coefficient (Wildman–Crippen LogP) is 1.56. The lowest BCUT2D eigenvalue weighted by Crippen LogP contribution is -2.36. The molecule has 1 aliphatic rings. The molecule has 1 saturated carbocycles. The molecule has 1 rings (SSSR count). The van der Waals surface area contributed by atoms with E-state index in [-0.39, 0.29) is 29.3 Å². The topological polar surface area (TPSA) is 49.3 Å². The Bertz CT molecular complexity index is 246. The second-order valence-electron chi connectivity index (χ2n) is 6.10. The first-order valence-corrected chi connectivity index (χ1v) is 5.67. The highest BCUT2D eigenvalue weighted by Crippen LogP contribution is 2.51. The Morgan fingerprint density at radius 1 is 1.53 bits per heavy atom. The van der Waals surface area contributed by atoms with Crippen molar-refractivity contribution in [1.29, 1.82) is 0 Å². The minimum atomic E-state index is -0.0105. The standard InChI is InChI=1S/C12H23NO2/c1-11(2,5-6-14)8-13-10(15)9-7-12(9,3)4/h9,14H,5-8H2,1-4H3,(H,13,15)/t9-/m1/s1. The van der Waals surface area contributed by atoms with Crippen molar-refractivity contribution in [3.05, 3.63) is 0 Å². The van der Waals surface area contributed by atoms with Crippen LogP contribution in [0.1, 0.15) is 40.5 Å². The minimum absolute atomic E-state index is 0.0105. The third-order valence-electron chi connectivity index (χ3n) is 3.36. The van der Waals surface area contributed by atoms with Crippen molar-refractivity contribution in [2.24, 2.45) is 16.7 Å². The van der Waals surface area contributed by atoms with Gasteiger partial charge in [-0.2, -0.15) is 0 Å². The van der Waals surface area contributed by atoms with Gasteiger partial charge in [0, 0.05) is 19.1 Å². The van der Waals surface area contributed by atoms with Gasteiger partial charge >= 0.3 is 0 Å². The van der Waals surface area contributed by atoms with Crippen LogP contribution in [0.3, 0.4) is 0 Å². The SMILES string of the molecule is CC(C)(CCO)CNC(=O)[C@H]1CC1(C)C. The largest absolute Gasteiger partial charge is 0.396 e. The van der Waals surface area contributed by atoms with E-state index in [1.54, 1.807) is 0 Å². The van der Waals surface area contributed by atoms with Gasteiger partial charge in [0.2, 0.25) is 5.91 Å². The van der Waals surface area contributed by atoms with E-state index in [4.69, 9.17) is 5.11 Å². The average Bonchev–Trinajstić information content (AvgIpc) is 2.71. The predicted molar refractivity (Wildman–Crippen MR) is 60.4 cm³/mol. The van der Waals surface area contributed by atoms with Crippen LogP contribution in [0.5, 0.6) is 0 Å². The Morgan fingerprint density at radius 2 is 2.07 bits per heavy atom. The maximum Gasteiger partial charge on any atom is 0.223 e. The normalized spacial score (nSPS) is 23.7.